The first-order chi connectivity index (χ1) is 9.94. The summed E-state index contributed by atoms with van der Waals surface area (Å²) in [5.41, 5.74) is 2.21. The summed E-state index contributed by atoms with van der Waals surface area (Å²) in [6.07, 6.45) is 0. The summed E-state index contributed by atoms with van der Waals surface area (Å²) >= 11 is 0. The van der Waals surface area contributed by atoms with Gasteiger partial charge in [-0.15, -0.1) is 0 Å². The monoisotopic (exact) mass is 303 g/mol. The molecule has 1 heterocycles. The van der Waals surface area contributed by atoms with Crippen molar-refractivity contribution in [1.82, 2.24) is 9.97 Å². The van der Waals surface area contributed by atoms with Gasteiger partial charge in [-0.2, -0.15) is 0 Å². The fourth-order valence-corrected chi connectivity index (χ4v) is 3.08. The van der Waals surface area contributed by atoms with Gasteiger partial charge in [-0.3, -0.25) is 4.72 Å². The van der Waals surface area contributed by atoms with E-state index in [1.807, 2.05) is 6.92 Å². The molecule has 3 aromatic rings. The molecule has 108 valence electrons. The minimum atomic E-state index is -3.64. The second-order valence-corrected chi connectivity index (χ2v) is 6.44. The average molecular weight is 303 g/mol. The highest BCUT2D eigenvalue weighted by atomic mass is 32.2. The Balaban J connectivity index is 1.96. The van der Waals surface area contributed by atoms with Crippen LogP contribution in [-0.2, 0) is 10.0 Å². The van der Waals surface area contributed by atoms with Crippen LogP contribution in [-0.4, -0.2) is 18.4 Å². The molecule has 0 aliphatic heterocycles. The molecule has 0 atom stereocenters. The van der Waals surface area contributed by atoms with Crippen molar-refractivity contribution >= 4 is 26.7 Å². The molecule has 7 heteroatoms. The van der Waals surface area contributed by atoms with Gasteiger partial charge in [-0.05, 0) is 37.3 Å². The highest BCUT2D eigenvalue weighted by Gasteiger charge is 2.14. The Bertz CT molecular complexity index is 953. The molecule has 0 bridgehead atoms. The molecule has 0 radical (unpaired) electrons. The quantitative estimate of drug-likeness (QED) is 0.690. The van der Waals surface area contributed by atoms with Crippen LogP contribution in [0.25, 0.3) is 11.0 Å². The molecule has 0 spiro atoms. The van der Waals surface area contributed by atoms with Gasteiger partial charge in [0.2, 0.25) is 0 Å². The molecular weight excluding hydrogens is 290 g/mol. The Morgan fingerprint density at radius 2 is 1.62 bits per heavy atom. The van der Waals surface area contributed by atoms with Crippen molar-refractivity contribution in [2.75, 3.05) is 4.72 Å². The Kier molecular flexibility index (Phi) is 3.06. The minimum absolute atomic E-state index is 0.191. The normalized spacial score (nSPS) is 11.7. The van der Waals surface area contributed by atoms with Crippen molar-refractivity contribution in [1.29, 1.82) is 0 Å². The standard InChI is InChI=1S/C14H13N3O3S/c1-9-2-5-11(6-3-9)21(19,20)17-10-4-7-12-13(8-10)16-14(18)15-12/h2-8,17H,1H3,(H2,15,16,18). The van der Waals surface area contributed by atoms with Crippen LogP contribution in [0.1, 0.15) is 5.56 Å². The molecule has 1 aromatic heterocycles. The number of hydrogen-bond donors (Lipinski definition) is 3. The van der Waals surface area contributed by atoms with Crippen LogP contribution in [0.2, 0.25) is 0 Å². The van der Waals surface area contributed by atoms with Crippen LogP contribution in [0, 0.1) is 6.92 Å². The zero-order valence-electron chi connectivity index (χ0n) is 11.2. The molecule has 21 heavy (non-hydrogen) atoms. The number of sulfonamides is 1. The second kappa shape index (κ2) is 4.78. The number of aryl methyl sites for hydroxylation is 1. The molecule has 0 aliphatic rings. The van der Waals surface area contributed by atoms with Crippen LogP contribution >= 0.6 is 0 Å². The number of fused-ring (bicyclic) bond motifs is 1. The highest BCUT2D eigenvalue weighted by Crippen LogP contribution is 2.19. The Morgan fingerprint density at radius 1 is 0.952 bits per heavy atom. The first-order valence-electron chi connectivity index (χ1n) is 6.26. The van der Waals surface area contributed by atoms with E-state index < -0.39 is 10.0 Å². The van der Waals surface area contributed by atoms with E-state index >= 15 is 0 Å². The molecule has 0 saturated heterocycles. The molecule has 3 rings (SSSR count). The van der Waals surface area contributed by atoms with Gasteiger partial charge in [0.05, 0.1) is 21.6 Å². The highest BCUT2D eigenvalue weighted by molar-refractivity contribution is 7.92. The van der Waals surface area contributed by atoms with Crippen molar-refractivity contribution in [3.63, 3.8) is 0 Å². The maximum absolute atomic E-state index is 12.3. The molecule has 0 amide bonds. The van der Waals surface area contributed by atoms with Gasteiger partial charge in [0.25, 0.3) is 10.0 Å². The van der Waals surface area contributed by atoms with E-state index in [1.165, 1.54) is 0 Å². The molecule has 0 saturated carbocycles. The molecule has 0 unspecified atom stereocenters. The topological polar surface area (TPSA) is 94.8 Å². The number of nitrogens with one attached hydrogen (secondary N) is 3. The van der Waals surface area contributed by atoms with Crippen molar-refractivity contribution in [3.8, 4) is 0 Å². The minimum Gasteiger partial charge on any atom is -0.306 e. The summed E-state index contributed by atoms with van der Waals surface area (Å²) in [5.74, 6) is 0. The lowest BCUT2D eigenvalue weighted by Gasteiger charge is -2.08. The van der Waals surface area contributed by atoms with Crippen molar-refractivity contribution in [2.45, 2.75) is 11.8 Å². The molecule has 0 fully saturated rings. The fraction of sp³-hybridized carbons (Fsp3) is 0.0714. The predicted octanol–water partition coefficient (Wildman–Crippen LogP) is 1.97. The smallest absolute Gasteiger partial charge is 0.306 e. The zero-order valence-corrected chi connectivity index (χ0v) is 12.0. The van der Waals surface area contributed by atoms with Gasteiger partial charge < -0.3 is 9.97 Å². The summed E-state index contributed by atoms with van der Waals surface area (Å²) in [4.78, 5) is 16.6. The molecular formula is C14H13N3O3S. The van der Waals surface area contributed by atoms with E-state index in [1.54, 1.807) is 42.5 Å². The Morgan fingerprint density at radius 3 is 2.33 bits per heavy atom. The van der Waals surface area contributed by atoms with Gasteiger partial charge in [-0.25, -0.2) is 13.2 Å². The number of aromatic nitrogens is 2. The third kappa shape index (κ3) is 2.68. The van der Waals surface area contributed by atoms with Crippen molar-refractivity contribution < 1.29 is 8.42 Å². The largest absolute Gasteiger partial charge is 0.323 e. The third-order valence-corrected chi connectivity index (χ3v) is 4.50. The number of aromatic amines is 2. The van der Waals surface area contributed by atoms with Crippen LogP contribution < -0.4 is 10.4 Å². The SMILES string of the molecule is Cc1ccc(S(=O)(=O)Nc2ccc3[nH]c(=O)[nH]c3c2)cc1. The molecule has 2 aromatic carbocycles. The maximum Gasteiger partial charge on any atom is 0.323 e. The summed E-state index contributed by atoms with van der Waals surface area (Å²) in [6.45, 7) is 1.89. The summed E-state index contributed by atoms with van der Waals surface area (Å²) in [7, 11) is -3.64. The van der Waals surface area contributed by atoms with E-state index in [2.05, 4.69) is 14.7 Å². The van der Waals surface area contributed by atoms with E-state index in [9.17, 15) is 13.2 Å². The van der Waals surface area contributed by atoms with Gasteiger partial charge in [0.15, 0.2) is 0 Å². The number of imidazole rings is 1. The molecule has 0 aliphatic carbocycles. The Labute approximate surface area is 120 Å². The predicted molar refractivity (Wildman–Crippen MR) is 80.9 cm³/mol. The lowest BCUT2D eigenvalue weighted by Crippen LogP contribution is -2.12. The van der Waals surface area contributed by atoms with E-state index in [0.717, 1.165) is 5.56 Å². The average Bonchev–Trinajstić information content (AvgIpc) is 2.78. The van der Waals surface area contributed by atoms with Crippen LogP contribution in [0.3, 0.4) is 0 Å². The van der Waals surface area contributed by atoms with Gasteiger partial charge in [0, 0.05) is 0 Å². The van der Waals surface area contributed by atoms with Crippen LogP contribution in [0.5, 0.6) is 0 Å². The van der Waals surface area contributed by atoms with E-state index in [0.29, 0.717) is 16.7 Å². The van der Waals surface area contributed by atoms with Gasteiger partial charge >= 0.3 is 5.69 Å². The van der Waals surface area contributed by atoms with Crippen molar-refractivity contribution in [2.24, 2.45) is 0 Å². The first kappa shape index (κ1) is 13.4. The molecule has 3 N–H and O–H groups in total. The van der Waals surface area contributed by atoms with Gasteiger partial charge in [-0.1, -0.05) is 17.7 Å². The summed E-state index contributed by atoms with van der Waals surface area (Å²) < 4.78 is 27.0. The number of rotatable bonds is 3. The summed E-state index contributed by atoms with van der Waals surface area (Å²) in [6, 6.07) is 11.4. The fourth-order valence-electron chi connectivity index (χ4n) is 2.03. The maximum atomic E-state index is 12.3. The number of benzene rings is 2. The van der Waals surface area contributed by atoms with Crippen molar-refractivity contribution in [3.05, 3.63) is 58.5 Å². The van der Waals surface area contributed by atoms with E-state index in [-0.39, 0.29) is 10.6 Å². The second-order valence-electron chi connectivity index (χ2n) is 4.76. The Hall–Kier alpha value is -2.54. The van der Waals surface area contributed by atoms with Crippen LogP contribution in [0.4, 0.5) is 5.69 Å². The third-order valence-electron chi connectivity index (χ3n) is 3.10. The molecule has 6 nitrogen and oxygen atoms in total. The van der Waals surface area contributed by atoms with Gasteiger partial charge in [0.1, 0.15) is 0 Å². The first-order valence-corrected chi connectivity index (χ1v) is 7.74. The number of anilines is 1. The van der Waals surface area contributed by atoms with Crippen LogP contribution in [0.15, 0.2) is 52.2 Å². The number of H-pyrrole nitrogens is 2. The zero-order chi connectivity index (χ0) is 15.0. The number of hydrogen-bond acceptors (Lipinski definition) is 3. The lowest BCUT2D eigenvalue weighted by atomic mass is 10.2. The lowest BCUT2D eigenvalue weighted by molar-refractivity contribution is 0.601. The summed E-state index contributed by atoms with van der Waals surface area (Å²) in [5, 5.41) is 0. The van der Waals surface area contributed by atoms with E-state index in [4.69, 9.17) is 0 Å².